The highest BCUT2D eigenvalue weighted by Gasteiger charge is 2.59. The van der Waals surface area contributed by atoms with Crippen LogP contribution in [0.25, 0.3) is 0 Å². The Balaban J connectivity index is 1.66. The fraction of sp³-hybridized carbons (Fsp3) is 0.500. The summed E-state index contributed by atoms with van der Waals surface area (Å²) in [5, 5.41) is 9.84. The number of nitrogens with zero attached hydrogens (tertiary/aromatic N) is 1. The number of aromatic nitrogens is 2. The molecule has 2 fully saturated rings. The minimum Gasteiger partial charge on any atom is -0.447 e. The van der Waals surface area contributed by atoms with Crippen LogP contribution in [0.2, 0.25) is 0 Å². The summed E-state index contributed by atoms with van der Waals surface area (Å²) in [6.45, 7) is 1.80. The number of aromatic amines is 1. The average Bonchev–Trinajstić information content (AvgIpc) is 3.06. The number of rotatable bonds is 6. The van der Waals surface area contributed by atoms with E-state index in [0.717, 1.165) is 12.8 Å². The van der Waals surface area contributed by atoms with Gasteiger partial charge in [-0.1, -0.05) is 18.2 Å². The predicted octanol–water partition coefficient (Wildman–Crippen LogP) is 1.48. The number of para-hydroxylation sites is 1. The van der Waals surface area contributed by atoms with E-state index < -0.39 is 48.2 Å². The van der Waals surface area contributed by atoms with Gasteiger partial charge in [-0.15, -0.1) is 0 Å². The lowest BCUT2D eigenvalue weighted by atomic mass is 9.95. The van der Waals surface area contributed by atoms with E-state index in [4.69, 9.17) is 35.9 Å². The molecule has 0 aliphatic carbocycles. The zero-order valence-electron chi connectivity index (χ0n) is 18.0. The van der Waals surface area contributed by atoms with Gasteiger partial charge in [0, 0.05) is 31.1 Å². The summed E-state index contributed by atoms with van der Waals surface area (Å²) in [7, 11) is 0. The molecule has 10 nitrogen and oxygen atoms in total. The summed E-state index contributed by atoms with van der Waals surface area (Å²) in [4.78, 5) is 26.3. The Hall–Kier alpha value is -2.57. The third-order valence-electron chi connectivity index (χ3n) is 5.67. The van der Waals surface area contributed by atoms with E-state index in [0.29, 0.717) is 18.8 Å². The molecule has 1 aromatic carbocycles. The highest BCUT2D eigenvalue weighted by Crippen LogP contribution is 2.44. The molecule has 0 radical (unpaired) electrons. The molecule has 2 aromatic rings. The van der Waals surface area contributed by atoms with Crippen LogP contribution in [0, 0.1) is 0 Å². The van der Waals surface area contributed by atoms with Crippen molar-refractivity contribution >= 4 is 17.5 Å². The quantitative estimate of drug-likeness (QED) is 0.595. The number of aliphatic hydroxyl groups is 1. The Morgan fingerprint density at radius 3 is 2.73 bits per heavy atom. The molecule has 11 heteroatoms. The highest BCUT2D eigenvalue weighted by molar-refractivity contribution is 7.79. The van der Waals surface area contributed by atoms with Crippen molar-refractivity contribution < 1.29 is 28.8 Å². The standard InChI is InChI=1S/C22H26N2O8S/c1-22(32-17-9-5-6-12-28-17)18(31-21(33)29-14-7-3-2-4-8-14)15(13-25)30-19(22)24-11-10-16(26)23-20(24)27/h2-4,7-8,10-11,15,17-19,25H,5-6,9,12-13H2,1H3,(H,23,26,27)/t15-,17?,18-,19-,22-/m1/s1. The minimum absolute atomic E-state index is 0.192. The first-order valence-electron chi connectivity index (χ1n) is 10.7. The van der Waals surface area contributed by atoms with Gasteiger partial charge in [0.05, 0.1) is 6.61 Å². The van der Waals surface area contributed by atoms with E-state index in [9.17, 15) is 14.7 Å². The molecule has 178 valence electrons. The number of hydrogen-bond donors (Lipinski definition) is 2. The summed E-state index contributed by atoms with van der Waals surface area (Å²) in [6, 6.07) is 10.1. The lowest BCUT2D eigenvalue weighted by Gasteiger charge is -2.38. The lowest BCUT2D eigenvalue weighted by molar-refractivity contribution is -0.256. The molecule has 5 atom stereocenters. The Bertz CT molecular complexity index is 1070. The van der Waals surface area contributed by atoms with E-state index in [-0.39, 0.29) is 5.24 Å². The van der Waals surface area contributed by atoms with Gasteiger partial charge in [0.1, 0.15) is 11.9 Å². The lowest BCUT2D eigenvalue weighted by Crippen LogP contribution is -2.53. The molecule has 3 heterocycles. The normalized spacial score (nSPS) is 29.5. The van der Waals surface area contributed by atoms with E-state index in [1.165, 1.54) is 16.8 Å². The second-order valence-electron chi connectivity index (χ2n) is 8.03. The van der Waals surface area contributed by atoms with Crippen molar-refractivity contribution in [3.8, 4) is 5.75 Å². The maximum absolute atomic E-state index is 12.6. The minimum atomic E-state index is -1.33. The van der Waals surface area contributed by atoms with Gasteiger partial charge in [-0.05, 0) is 38.3 Å². The molecule has 1 aromatic heterocycles. The van der Waals surface area contributed by atoms with Crippen LogP contribution in [0.3, 0.4) is 0 Å². The van der Waals surface area contributed by atoms with Gasteiger partial charge in [-0.2, -0.15) is 0 Å². The van der Waals surface area contributed by atoms with Crippen LogP contribution in [0.5, 0.6) is 5.75 Å². The molecule has 0 amide bonds. The molecule has 0 spiro atoms. The van der Waals surface area contributed by atoms with Crippen LogP contribution in [-0.2, 0) is 18.9 Å². The molecule has 2 N–H and O–H groups in total. The van der Waals surface area contributed by atoms with Gasteiger partial charge < -0.3 is 28.8 Å². The summed E-state index contributed by atoms with van der Waals surface area (Å²) in [5.74, 6) is 0.480. The molecule has 1 unspecified atom stereocenters. The third kappa shape index (κ3) is 5.17. The summed E-state index contributed by atoms with van der Waals surface area (Å²) in [5.41, 5.74) is -2.56. The first-order chi connectivity index (χ1) is 15.9. The number of benzene rings is 1. The second kappa shape index (κ2) is 10.1. The van der Waals surface area contributed by atoms with Crippen molar-refractivity contribution in [1.82, 2.24) is 9.55 Å². The van der Waals surface area contributed by atoms with Crippen molar-refractivity contribution in [1.29, 1.82) is 0 Å². The van der Waals surface area contributed by atoms with Crippen LogP contribution >= 0.6 is 12.2 Å². The maximum Gasteiger partial charge on any atom is 0.358 e. The number of hydrogen-bond acceptors (Lipinski definition) is 9. The largest absolute Gasteiger partial charge is 0.447 e. The Kier molecular flexibility index (Phi) is 7.25. The first kappa shape index (κ1) is 23.6. The zero-order valence-corrected chi connectivity index (χ0v) is 18.9. The van der Waals surface area contributed by atoms with Crippen LogP contribution in [0.4, 0.5) is 0 Å². The molecular weight excluding hydrogens is 452 g/mol. The van der Waals surface area contributed by atoms with Gasteiger partial charge in [-0.25, -0.2) is 4.79 Å². The van der Waals surface area contributed by atoms with Crippen LogP contribution in [-0.4, -0.2) is 57.2 Å². The number of nitrogens with one attached hydrogen (secondary N) is 1. The van der Waals surface area contributed by atoms with E-state index in [1.807, 2.05) is 6.07 Å². The fourth-order valence-electron chi connectivity index (χ4n) is 4.09. The SMILES string of the molecule is C[C@@]1(OC2CCCCO2)[C@H](OC(=S)Oc2ccccc2)[C@@H](CO)O[C@H]1n1ccc(=O)[nH]c1=O. The molecule has 4 rings (SSSR count). The van der Waals surface area contributed by atoms with E-state index >= 15 is 0 Å². The van der Waals surface area contributed by atoms with Gasteiger partial charge in [-0.3, -0.25) is 14.3 Å². The first-order valence-corrected chi connectivity index (χ1v) is 11.1. The van der Waals surface area contributed by atoms with Crippen molar-refractivity contribution in [2.24, 2.45) is 0 Å². The zero-order chi connectivity index (χ0) is 23.4. The van der Waals surface area contributed by atoms with Crippen molar-refractivity contribution in [3.05, 3.63) is 63.4 Å². The summed E-state index contributed by atoms with van der Waals surface area (Å²) >= 11 is 5.29. The third-order valence-corrected chi connectivity index (χ3v) is 5.85. The Morgan fingerprint density at radius 1 is 1.27 bits per heavy atom. The number of thiocarbonyl (C=S) groups is 1. The van der Waals surface area contributed by atoms with Gasteiger partial charge in [0.2, 0.25) is 0 Å². The molecule has 2 aliphatic heterocycles. The van der Waals surface area contributed by atoms with Gasteiger partial charge >= 0.3 is 10.9 Å². The summed E-state index contributed by atoms with van der Waals surface area (Å²) < 4.78 is 30.8. The summed E-state index contributed by atoms with van der Waals surface area (Å²) in [6.07, 6.45) is 0.316. The molecule has 2 saturated heterocycles. The highest BCUT2D eigenvalue weighted by atomic mass is 32.1. The molecule has 0 saturated carbocycles. The monoisotopic (exact) mass is 478 g/mol. The Labute approximate surface area is 195 Å². The Morgan fingerprint density at radius 2 is 2.06 bits per heavy atom. The van der Waals surface area contributed by atoms with Crippen molar-refractivity contribution in [3.63, 3.8) is 0 Å². The van der Waals surface area contributed by atoms with Crippen LogP contribution < -0.4 is 16.0 Å². The maximum atomic E-state index is 12.6. The van der Waals surface area contributed by atoms with Crippen molar-refractivity contribution in [2.75, 3.05) is 13.2 Å². The van der Waals surface area contributed by atoms with Crippen LogP contribution in [0.15, 0.2) is 52.2 Å². The fourth-order valence-corrected chi connectivity index (χ4v) is 4.29. The van der Waals surface area contributed by atoms with E-state index in [1.54, 1.807) is 31.2 Å². The number of H-pyrrole nitrogens is 1. The number of aliphatic hydroxyl groups excluding tert-OH is 1. The topological polar surface area (TPSA) is 121 Å². The van der Waals surface area contributed by atoms with Crippen LogP contribution in [0.1, 0.15) is 32.4 Å². The molecular formula is C22H26N2O8S. The van der Waals surface area contributed by atoms with E-state index in [2.05, 4.69) is 4.98 Å². The van der Waals surface area contributed by atoms with Gasteiger partial charge in [0.25, 0.3) is 5.56 Å². The molecule has 2 aliphatic rings. The van der Waals surface area contributed by atoms with Gasteiger partial charge in [0.15, 0.2) is 24.2 Å². The number of ether oxygens (including phenoxy) is 5. The smallest absolute Gasteiger partial charge is 0.358 e. The average molecular weight is 479 g/mol. The predicted molar refractivity (Wildman–Crippen MR) is 120 cm³/mol. The van der Waals surface area contributed by atoms with Crippen molar-refractivity contribution in [2.45, 2.75) is 56.5 Å². The molecule has 0 bridgehead atoms. The molecule has 33 heavy (non-hydrogen) atoms. The second-order valence-corrected chi connectivity index (χ2v) is 8.36.